The number of anilines is 3. The third-order valence-corrected chi connectivity index (χ3v) is 12.5. The standard InChI is InChI=1S/C49H29N5OS/c1-2-12-30(13-3-1)54-40-20-7-8-21-42(40)55-47-41(54)26-24-37-48(47)56-43-22-9-6-17-34(43)49(37)35-18-11-27-51-45(35)46-36(49)23-25-38(53-46)32-15-5-4-14-31(32)33-16-10-19-39-44(33)52-29-28-50-39/h1-29H. The second-order valence-corrected chi connectivity index (χ2v) is 15.2. The molecule has 1 spiro atoms. The van der Waals surface area contributed by atoms with Gasteiger partial charge in [-0.3, -0.25) is 15.0 Å². The van der Waals surface area contributed by atoms with E-state index >= 15 is 0 Å². The summed E-state index contributed by atoms with van der Waals surface area (Å²) in [6.07, 6.45) is 5.37. The van der Waals surface area contributed by atoms with E-state index in [-0.39, 0.29) is 0 Å². The van der Waals surface area contributed by atoms with E-state index in [9.17, 15) is 0 Å². The van der Waals surface area contributed by atoms with Crippen molar-refractivity contribution >= 4 is 39.9 Å². The van der Waals surface area contributed by atoms with Gasteiger partial charge in [-0.25, -0.2) is 4.98 Å². The normalized spacial score (nSPS) is 15.6. The van der Waals surface area contributed by atoms with Gasteiger partial charge in [-0.15, -0.1) is 0 Å². The van der Waals surface area contributed by atoms with Gasteiger partial charge in [-0.2, -0.15) is 0 Å². The van der Waals surface area contributed by atoms with E-state index in [2.05, 4.69) is 149 Å². The van der Waals surface area contributed by atoms with Crippen LogP contribution in [-0.4, -0.2) is 19.9 Å². The van der Waals surface area contributed by atoms with Crippen molar-refractivity contribution in [3.8, 4) is 45.3 Å². The number of ether oxygens (including phenoxy) is 1. The zero-order valence-electron chi connectivity index (χ0n) is 29.8. The van der Waals surface area contributed by atoms with Crippen molar-refractivity contribution in [1.82, 2.24) is 19.9 Å². The minimum absolute atomic E-state index is 0.681. The van der Waals surface area contributed by atoms with E-state index < -0.39 is 5.41 Å². The molecule has 0 saturated carbocycles. The van der Waals surface area contributed by atoms with E-state index in [1.807, 2.05) is 24.4 Å². The van der Waals surface area contributed by atoms with Gasteiger partial charge < -0.3 is 9.64 Å². The van der Waals surface area contributed by atoms with Crippen LogP contribution in [0.3, 0.4) is 0 Å². The number of hydrogen-bond donors (Lipinski definition) is 0. The third-order valence-electron chi connectivity index (χ3n) is 11.3. The van der Waals surface area contributed by atoms with E-state index in [1.54, 1.807) is 24.2 Å². The molecule has 0 fully saturated rings. The summed E-state index contributed by atoms with van der Waals surface area (Å²) in [5.41, 5.74) is 14.5. The molecule has 12 rings (SSSR count). The molecule has 6 aromatic carbocycles. The highest BCUT2D eigenvalue weighted by Gasteiger charge is 2.53. The molecule has 56 heavy (non-hydrogen) atoms. The van der Waals surface area contributed by atoms with Crippen LogP contribution >= 0.6 is 11.8 Å². The molecule has 0 amide bonds. The Kier molecular flexibility index (Phi) is 6.68. The largest absolute Gasteiger partial charge is 0.452 e. The first-order valence-corrected chi connectivity index (χ1v) is 19.4. The molecule has 3 aromatic heterocycles. The van der Waals surface area contributed by atoms with Crippen molar-refractivity contribution in [3.63, 3.8) is 0 Å². The summed E-state index contributed by atoms with van der Waals surface area (Å²) in [4.78, 5) is 24.5. The summed E-state index contributed by atoms with van der Waals surface area (Å²) in [5, 5.41) is 0. The Bertz CT molecular complexity index is 3070. The van der Waals surface area contributed by atoms with Crippen molar-refractivity contribution in [2.75, 3.05) is 4.90 Å². The highest BCUT2D eigenvalue weighted by atomic mass is 32.2. The van der Waals surface area contributed by atoms with Gasteiger partial charge in [0.2, 0.25) is 0 Å². The number of fused-ring (bicyclic) bond motifs is 13. The SMILES string of the molecule is c1ccc(N2c3ccccc3Oc3c2ccc2c3Sc3ccccc3C23c2cccnc2-c2nc(-c4ccccc4-c4cccc5nccnc45)ccc23)cc1. The molecule has 1 unspecified atom stereocenters. The van der Waals surface area contributed by atoms with Crippen molar-refractivity contribution in [2.45, 2.75) is 15.2 Å². The van der Waals surface area contributed by atoms with Crippen molar-refractivity contribution in [3.05, 3.63) is 199 Å². The minimum atomic E-state index is -0.681. The number of aromatic nitrogens is 4. The quantitative estimate of drug-likeness (QED) is 0.179. The van der Waals surface area contributed by atoms with Crippen LogP contribution in [0.5, 0.6) is 11.5 Å². The minimum Gasteiger partial charge on any atom is -0.452 e. The summed E-state index contributed by atoms with van der Waals surface area (Å²) in [6.45, 7) is 0. The molecule has 0 radical (unpaired) electrons. The van der Waals surface area contributed by atoms with Crippen molar-refractivity contribution in [1.29, 1.82) is 0 Å². The van der Waals surface area contributed by atoms with Gasteiger partial charge in [0.1, 0.15) is 0 Å². The van der Waals surface area contributed by atoms with Crippen molar-refractivity contribution < 1.29 is 4.74 Å². The second kappa shape index (κ2) is 12.0. The first kappa shape index (κ1) is 31.3. The monoisotopic (exact) mass is 735 g/mol. The molecule has 0 saturated heterocycles. The van der Waals surface area contributed by atoms with Crippen LogP contribution in [0.25, 0.3) is 44.8 Å². The van der Waals surface area contributed by atoms with Crippen LogP contribution in [0.4, 0.5) is 17.1 Å². The second-order valence-electron chi connectivity index (χ2n) is 14.1. The van der Waals surface area contributed by atoms with Gasteiger partial charge in [-0.1, -0.05) is 115 Å². The van der Waals surface area contributed by atoms with E-state index in [0.29, 0.717) is 0 Å². The lowest BCUT2D eigenvalue weighted by atomic mass is 9.67. The zero-order valence-corrected chi connectivity index (χ0v) is 30.6. The maximum Gasteiger partial charge on any atom is 0.165 e. The number of pyridine rings is 2. The Hall–Kier alpha value is -7.09. The lowest BCUT2D eigenvalue weighted by molar-refractivity contribution is 0.461. The van der Waals surface area contributed by atoms with Gasteiger partial charge in [0, 0.05) is 40.3 Å². The number of rotatable bonds is 3. The number of benzene rings is 6. The van der Waals surface area contributed by atoms with Crippen molar-refractivity contribution in [2.24, 2.45) is 0 Å². The molecule has 0 N–H and O–H groups in total. The molecule has 9 aromatic rings. The highest BCUT2D eigenvalue weighted by Crippen LogP contribution is 2.65. The van der Waals surface area contributed by atoms with Crippen LogP contribution in [0.2, 0.25) is 0 Å². The fraction of sp³-hybridized carbons (Fsp3) is 0.0204. The van der Waals surface area contributed by atoms with Crippen LogP contribution < -0.4 is 9.64 Å². The summed E-state index contributed by atoms with van der Waals surface area (Å²) in [5.74, 6) is 1.67. The third kappa shape index (κ3) is 4.28. The Morgan fingerprint density at radius 2 is 1.25 bits per heavy atom. The van der Waals surface area contributed by atoms with Crippen LogP contribution in [0.15, 0.2) is 186 Å². The number of para-hydroxylation sites is 4. The summed E-state index contributed by atoms with van der Waals surface area (Å²) in [7, 11) is 0. The molecule has 5 heterocycles. The lowest BCUT2D eigenvalue weighted by Crippen LogP contribution is -2.32. The van der Waals surface area contributed by atoms with E-state index in [1.165, 1.54) is 10.5 Å². The fourth-order valence-electron chi connectivity index (χ4n) is 9.03. The summed E-state index contributed by atoms with van der Waals surface area (Å²) in [6, 6.07) is 55.5. The maximum atomic E-state index is 6.98. The predicted octanol–water partition coefficient (Wildman–Crippen LogP) is 12.2. The first-order chi connectivity index (χ1) is 27.8. The number of hydrogen-bond acceptors (Lipinski definition) is 7. The van der Waals surface area contributed by atoms with Crippen LogP contribution in [0, 0.1) is 0 Å². The Morgan fingerprint density at radius 3 is 2.20 bits per heavy atom. The molecule has 7 heteroatoms. The molecule has 3 aliphatic rings. The molecule has 6 nitrogen and oxygen atoms in total. The van der Waals surface area contributed by atoms with Gasteiger partial charge in [0.05, 0.1) is 49.8 Å². The molecule has 2 aliphatic heterocycles. The fourth-order valence-corrected chi connectivity index (χ4v) is 10.3. The topological polar surface area (TPSA) is 64.0 Å². The predicted molar refractivity (Wildman–Crippen MR) is 222 cm³/mol. The highest BCUT2D eigenvalue weighted by molar-refractivity contribution is 7.99. The van der Waals surface area contributed by atoms with Crippen LogP contribution in [0.1, 0.15) is 22.3 Å². The van der Waals surface area contributed by atoms with E-state index in [4.69, 9.17) is 19.7 Å². The maximum absolute atomic E-state index is 6.98. The van der Waals surface area contributed by atoms with E-state index in [0.717, 1.165) is 95.0 Å². The molecule has 1 aliphatic carbocycles. The van der Waals surface area contributed by atoms with Crippen LogP contribution in [-0.2, 0) is 5.41 Å². The molecular formula is C49H29N5OS. The Balaban J connectivity index is 1.10. The summed E-state index contributed by atoms with van der Waals surface area (Å²) < 4.78 is 6.98. The molecule has 1 atom stereocenters. The Labute approximate surface area is 327 Å². The van der Waals surface area contributed by atoms with Gasteiger partial charge in [0.15, 0.2) is 11.5 Å². The number of nitrogens with zero attached hydrogens (tertiary/aromatic N) is 5. The summed E-state index contributed by atoms with van der Waals surface area (Å²) >= 11 is 1.78. The average molecular weight is 736 g/mol. The lowest BCUT2D eigenvalue weighted by Gasteiger charge is -2.41. The molecule has 0 bridgehead atoms. The molecule has 262 valence electrons. The average Bonchev–Trinajstić information content (AvgIpc) is 3.55. The van der Waals surface area contributed by atoms with Gasteiger partial charge >= 0.3 is 0 Å². The Morgan fingerprint density at radius 1 is 0.500 bits per heavy atom. The molecular weight excluding hydrogens is 707 g/mol. The van der Waals surface area contributed by atoms with Gasteiger partial charge in [0.25, 0.3) is 0 Å². The van der Waals surface area contributed by atoms with Gasteiger partial charge in [-0.05, 0) is 82.4 Å². The smallest absolute Gasteiger partial charge is 0.165 e. The first-order valence-electron chi connectivity index (χ1n) is 18.6. The zero-order chi connectivity index (χ0) is 36.8.